The lowest BCUT2D eigenvalue weighted by atomic mass is 10.0. The third-order valence-electron chi connectivity index (χ3n) is 5.25. The Morgan fingerprint density at radius 3 is 2.54 bits per heavy atom. The van der Waals surface area contributed by atoms with Crippen molar-refractivity contribution in [1.29, 1.82) is 0 Å². The molecule has 2 fully saturated rings. The summed E-state index contributed by atoms with van der Waals surface area (Å²) in [4.78, 5) is 19.6. The van der Waals surface area contributed by atoms with Crippen LogP contribution in [0.15, 0.2) is 30.3 Å². The lowest BCUT2D eigenvalue weighted by Gasteiger charge is -2.33. The Hall–Kier alpha value is -1.36. The number of para-hydroxylation sites is 1. The molecule has 0 bridgehead atoms. The molecule has 26 heavy (non-hydrogen) atoms. The van der Waals surface area contributed by atoms with E-state index in [0.717, 1.165) is 60.6 Å². The molecule has 142 valence electrons. The highest BCUT2D eigenvalue weighted by atomic mass is 35.5. The first kappa shape index (κ1) is 20.9. The number of pyridine rings is 1. The summed E-state index contributed by atoms with van der Waals surface area (Å²) < 4.78 is 0. The van der Waals surface area contributed by atoms with Gasteiger partial charge < -0.3 is 10.2 Å². The average molecular weight is 396 g/mol. The molecule has 0 unspecified atom stereocenters. The summed E-state index contributed by atoms with van der Waals surface area (Å²) in [5.74, 6) is 1.06. The third-order valence-corrected chi connectivity index (χ3v) is 5.25. The number of carbonyl (C=O) groups is 1. The van der Waals surface area contributed by atoms with E-state index >= 15 is 0 Å². The number of aryl methyl sites for hydroxylation is 1. The number of piperidine rings is 1. The van der Waals surface area contributed by atoms with E-state index in [1.807, 2.05) is 42.2 Å². The molecule has 1 saturated heterocycles. The van der Waals surface area contributed by atoms with E-state index in [1.165, 1.54) is 12.8 Å². The molecule has 1 N–H and O–H groups in total. The quantitative estimate of drug-likeness (QED) is 0.850. The fraction of sp³-hybridized carbons (Fsp3) is 0.500. The van der Waals surface area contributed by atoms with E-state index in [9.17, 15) is 4.79 Å². The lowest BCUT2D eigenvalue weighted by Crippen LogP contribution is -2.45. The zero-order valence-electron chi connectivity index (χ0n) is 15.1. The van der Waals surface area contributed by atoms with E-state index in [1.54, 1.807) is 0 Å². The molecule has 2 heterocycles. The summed E-state index contributed by atoms with van der Waals surface area (Å²) in [6, 6.07) is 10.4. The molecular formula is C20H27Cl2N3O. The molecule has 0 spiro atoms. The first-order valence-corrected chi connectivity index (χ1v) is 9.10. The van der Waals surface area contributed by atoms with Gasteiger partial charge >= 0.3 is 0 Å². The maximum absolute atomic E-state index is 13.0. The van der Waals surface area contributed by atoms with Crippen molar-refractivity contribution in [3.8, 4) is 0 Å². The molecule has 0 radical (unpaired) electrons. The molecule has 1 aliphatic carbocycles. The van der Waals surface area contributed by atoms with Crippen molar-refractivity contribution >= 4 is 41.6 Å². The summed E-state index contributed by atoms with van der Waals surface area (Å²) in [7, 11) is 0. The Labute approximate surface area is 167 Å². The van der Waals surface area contributed by atoms with Gasteiger partial charge in [0.2, 0.25) is 0 Å². The number of nitrogens with zero attached hydrogens (tertiary/aromatic N) is 2. The van der Waals surface area contributed by atoms with Crippen LogP contribution in [-0.2, 0) is 0 Å². The van der Waals surface area contributed by atoms with E-state index in [-0.39, 0.29) is 30.7 Å². The van der Waals surface area contributed by atoms with Gasteiger partial charge in [0, 0.05) is 30.2 Å². The molecule has 2 aliphatic rings. The predicted molar refractivity (Wildman–Crippen MR) is 111 cm³/mol. The van der Waals surface area contributed by atoms with Gasteiger partial charge in [-0.1, -0.05) is 18.2 Å². The molecular weight excluding hydrogens is 369 g/mol. The van der Waals surface area contributed by atoms with Gasteiger partial charge in [0.1, 0.15) is 0 Å². The van der Waals surface area contributed by atoms with Crippen LogP contribution in [0.2, 0.25) is 0 Å². The zero-order valence-corrected chi connectivity index (χ0v) is 16.7. The van der Waals surface area contributed by atoms with Crippen LogP contribution in [0, 0.1) is 12.8 Å². The molecule has 1 saturated carbocycles. The minimum absolute atomic E-state index is 0. The van der Waals surface area contributed by atoms with Crippen molar-refractivity contribution in [3.63, 3.8) is 0 Å². The number of likely N-dealkylation sites (tertiary alicyclic amines) is 1. The van der Waals surface area contributed by atoms with Crippen LogP contribution in [0.25, 0.3) is 10.9 Å². The lowest BCUT2D eigenvalue weighted by molar-refractivity contribution is 0.0707. The molecule has 2 aromatic rings. The Morgan fingerprint density at radius 1 is 1.15 bits per heavy atom. The Bertz CT molecular complexity index is 756. The zero-order chi connectivity index (χ0) is 16.5. The fourth-order valence-electron chi connectivity index (χ4n) is 3.60. The van der Waals surface area contributed by atoms with Gasteiger partial charge in [0.05, 0.1) is 11.1 Å². The highest BCUT2D eigenvalue weighted by Crippen LogP contribution is 2.28. The first-order valence-electron chi connectivity index (χ1n) is 9.10. The Kier molecular flexibility index (Phi) is 7.27. The molecule has 1 aliphatic heterocycles. The van der Waals surface area contributed by atoms with Gasteiger partial charge in [-0.3, -0.25) is 9.78 Å². The third kappa shape index (κ3) is 4.67. The number of halogens is 2. The van der Waals surface area contributed by atoms with Gasteiger partial charge in [0.15, 0.2) is 0 Å². The maximum Gasteiger partial charge on any atom is 0.254 e. The maximum atomic E-state index is 13.0. The molecule has 4 rings (SSSR count). The minimum Gasteiger partial charge on any atom is -0.339 e. The second-order valence-electron chi connectivity index (χ2n) is 7.25. The summed E-state index contributed by atoms with van der Waals surface area (Å²) in [6.07, 6.45) is 4.89. The van der Waals surface area contributed by atoms with Gasteiger partial charge in [-0.05, 0) is 57.2 Å². The molecule has 6 heteroatoms. The minimum atomic E-state index is 0. The number of benzene rings is 1. The summed E-state index contributed by atoms with van der Waals surface area (Å²) in [5, 5.41) is 4.63. The van der Waals surface area contributed by atoms with Crippen LogP contribution in [0.4, 0.5) is 0 Å². The van der Waals surface area contributed by atoms with Crippen molar-refractivity contribution in [2.75, 3.05) is 19.6 Å². The number of nitrogens with one attached hydrogen (secondary N) is 1. The summed E-state index contributed by atoms with van der Waals surface area (Å²) >= 11 is 0. The van der Waals surface area contributed by atoms with Gasteiger partial charge in [0.25, 0.3) is 5.91 Å². The van der Waals surface area contributed by atoms with Crippen LogP contribution in [0.3, 0.4) is 0 Å². The second kappa shape index (κ2) is 9.03. The van der Waals surface area contributed by atoms with Crippen molar-refractivity contribution in [3.05, 3.63) is 41.6 Å². The van der Waals surface area contributed by atoms with Crippen molar-refractivity contribution in [1.82, 2.24) is 15.2 Å². The fourth-order valence-corrected chi connectivity index (χ4v) is 3.60. The highest BCUT2D eigenvalue weighted by molar-refractivity contribution is 6.06. The number of fused-ring (bicyclic) bond motifs is 1. The smallest absolute Gasteiger partial charge is 0.254 e. The molecule has 1 amide bonds. The SMILES string of the molecule is Cc1cc(C(=O)N2CCC(NCC3CC3)CC2)c2ccccc2n1.Cl.Cl. The van der Waals surface area contributed by atoms with Crippen molar-refractivity contribution < 1.29 is 4.79 Å². The van der Waals surface area contributed by atoms with Crippen molar-refractivity contribution in [2.24, 2.45) is 5.92 Å². The van der Waals surface area contributed by atoms with E-state index in [4.69, 9.17) is 0 Å². The molecule has 1 aromatic heterocycles. The van der Waals surface area contributed by atoms with Gasteiger partial charge in [-0.25, -0.2) is 0 Å². The molecule has 1 aromatic carbocycles. The van der Waals surface area contributed by atoms with Crippen LogP contribution in [-0.4, -0.2) is 41.5 Å². The predicted octanol–water partition coefficient (Wildman–Crippen LogP) is 3.99. The number of carbonyl (C=O) groups excluding carboxylic acids is 1. The van der Waals surface area contributed by atoms with Crippen LogP contribution in [0.1, 0.15) is 41.7 Å². The van der Waals surface area contributed by atoms with Gasteiger partial charge in [-0.2, -0.15) is 0 Å². The van der Waals surface area contributed by atoms with Gasteiger partial charge in [-0.15, -0.1) is 24.8 Å². The van der Waals surface area contributed by atoms with Crippen LogP contribution in [0.5, 0.6) is 0 Å². The number of hydrogen-bond donors (Lipinski definition) is 1. The molecule has 4 nitrogen and oxygen atoms in total. The summed E-state index contributed by atoms with van der Waals surface area (Å²) in [5.41, 5.74) is 2.60. The second-order valence-corrected chi connectivity index (χ2v) is 7.25. The number of hydrogen-bond acceptors (Lipinski definition) is 3. The van der Waals surface area contributed by atoms with Crippen LogP contribution < -0.4 is 5.32 Å². The number of aromatic nitrogens is 1. The molecule has 0 atom stereocenters. The Balaban J connectivity index is 0.00000121. The van der Waals surface area contributed by atoms with Crippen molar-refractivity contribution in [2.45, 2.75) is 38.6 Å². The monoisotopic (exact) mass is 395 g/mol. The Morgan fingerprint density at radius 2 is 1.85 bits per heavy atom. The van der Waals surface area contributed by atoms with E-state index in [2.05, 4.69) is 10.3 Å². The topological polar surface area (TPSA) is 45.2 Å². The number of rotatable bonds is 4. The van der Waals surface area contributed by atoms with Crippen LogP contribution >= 0.6 is 24.8 Å². The standard InChI is InChI=1S/C20H25N3O.2ClH/c1-14-12-18(17-4-2-3-5-19(17)22-14)20(24)23-10-8-16(9-11-23)21-13-15-6-7-15;;/h2-5,12,15-16,21H,6-11,13H2,1H3;2*1H. The van der Waals surface area contributed by atoms with E-state index < -0.39 is 0 Å². The largest absolute Gasteiger partial charge is 0.339 e. The normalized spacial score (nSPS) is 17.5. The average Bonchev–Trinajstić information content (AvgIpc) is 3.43. The van der Waals surface area contributed by atoms with E-state index in [0.29, 0.717) is 6.04 Å². The highest BCUT2D eigenvalue weighted by Gasteiger charge is 2.27. The first-order chi connectivity index (χ1) is 11.7. The summed E-state index contributed by atoms with van der Waals surface area (Å²) in [6.45, 7) is 4.80. The number of amides is 1.